The SMILES string of the molecule is C1=C[CH]([Zr][CH]2C=Cc3ccccc32)c2ccccc21.Cl.Cl.[AlH2][c]1ccccc1. The third kappa shape index (κ3) is 5.60. The van der Waals surface area contributed by atoms with Gasteiger partial charge >= 0.3 is 126 Å². The maximum atomic E-state index is 2.44. The van der Waals surface area contributed by atoms with Gasteiger partial charge in [0.05, 0.1) is 0 Å². The summed E-state index contributed by atoms with van der Waals surface area (Å²) in [5, 5.41) is 0. The van der Waals surface area contributed by atoms with Gasteiger partial charge in [-0.1, -0.05) is 30.3 Å². The molecule has 0 fully saturated rings. The Kier molecular flexibility index (Phi) is 9.49. The van der Waals surface area contributed by atoms with Gasteiger partial charge in [-0.2, -0.15) is 0 Å². The van der Waals surface area contributed by atoms with Crippen LogP contribution < -0.4 is 4.43 Å². The Morgan fingerprint density at radius 3 is 1.43 bits per heavy atom. The number of hydrogen-bond donors (Lipinski definition) is 0. The van der Waals surface area contributed by atoms with Crippen LogP contribution in [0.2, 0.25) is 0 Å². The average Bonchev–Trinajstić information content (AvgIpc) is 3.28. The van der Waals surface area contributed by atoms with E-state index < -0.39 is 23.2 Å². The predicted octanol–water partition coefficient (Wildman–Crippen LogP) is 5.39. The first kappa shape index (κ1) is 23.4. The molecule has 0 amide bonds. The summed E-state index contributed by atoms with van der Waals surface area (Å²) in [5.41, 5.74) is 5.99. The van der Waals surface area contributed by atoms with Gasteiger partial charge in [0.2, 0.25) is 0 Å². The molecule has 0 heterocycles. The van der Waals surface area contributed by atoms with E-state index in [1.165, 1.54) is 31.8 Å². The second-order valence-electron chi connectivity index (χ2n) is 6.75. The standard InChI is InChI=1S/2C9H7.C6H5.Al.2ClH.Zr.2H/c2*1-2-5-9-7-3-6-8(9)4-1;1-2-4-6-5-3-1;;;;;;/h2*1-7H;1-5H;;2*1H;;;. The fourth-order valence-electron chi connectivity index (χ4n) is 3.52. The predicted molar refractivity (Wildman–Crippen MR) is 126 cm³/mol. The van der Waals surface area contributed by atoms with Gasteiger partial charge in [-0.3, -0.25) is 0 Å². The van der Waals surface area contributed by atoms with Crippen LogP contribution in [0.15, 0.2) is 91.0 Å². The van der Waals surface area contributed by atoms with Crippen molar-refractivity contribution >= 4 is 57.7 Å². The molecule has 0 aromatic heterocycles. The number of benzene rings is 3. The molecular weight excluding hydrogens is 477 g/mol. The maximum Gasteiger partial charge on any atom is 0.258 e. The topological polar surface area (TPSA) is 0 Å². The molecule has 0 nitrogen and oxygen atoms in total. The van der Waals surface area contributed by atoms with E-state index in [4.69, 9.17) is 0 Å². The van der Waals surface area contributed by atoms with Crippen LogP contribution in [-0.4, -0.2) is 16.3 Å². The van der Waals surface area contributed by atoms with Gasteiger partial charge in [-0.25, -0.2) is 0 Å². The Hall–Kier alpha value is -0.864. The summed E-state index contributed by atoms with van der Waals surface area (Å²) in [6, 6.07) is 28.2. The summed E-state index contributed by atoms with van der Waals surface area (Å²) in [6.45, 7) is 0. The summed E-state index contributed by atoms with van der Waals surface area (Å²) in [7, 11) is 0. The van der Waals surface area contributed by atoms with E-state index in [9.17, 15) is 0 Å². The minimum Gasteiger partial charge on any atom is -0.147 e. The third-order valence-electron chi connectivity index (χ3n) is 4.90. The summed E-state index contributed by atoms with van der Waals surface area (Å²) in [6.07, 6.45) is 9.49. The van der Waals surface area contributed by atoms with Crippen LogP contribution in [0.1, 0.15) is 29.5 Å². The molecule has 2 aliphatic carbocycles. The molecule has 140 valence electrons. The molecule has 0 spiro atoms. The molecule has 0 aliphatic heterocycles. The molecule has 0 bridgehead atoms. The smallest absolute Gasteiger partial charge is 0.147 e. The fraction of sp³-hybridized carbons (Fsp3) is 0.0833. The average molecular weight is 501 g/mol. The number of fused-ring (bicyclic) bond motifs is 2. The molecule has 4 heteroatoms. The van der Waals surface area contributed by atoms with Crippen molar-refractivity contribution in [3.05, 3.63) is 113 Å². The van der Waals surface area contributed by atoms with Crippen LogP contribution >= 0.6 is 24.8 Å². The minimum absolute atomic E-state index is 0. The van der Waals surface area contributed by atoms with Crippen LogP contribution in [-0.2, 0) is 23.2 Å². The van der Waals surface area contributed by atoms with Gasteiger partial charge in [0.15, 0.2) is 0 Å². The Bertz CT molecular complexity index is 894. The van der Waals surface area contributed by atoms with Crippen LogP contribution in [0.5, 0.6) is 0 Å². The van der Waals surface area contributed by atoms with Gasteiger partial charge in [-0.05, 0) is 0 Å². The van der Waals surface area contributed by atoms with Crippen molar-refractivity contribution < 1.29 is 23.2 Å². The van der Waals surface area contributed by atoms with Crippen LogP contribution in [0.3, 0.4) is 0 Å². The Morgan fingerprint density at radius 2 is 1.00 bits per heavy atom. The van der Waals surface area contributed by atoms with E-state index in [0.29, 0.717) is 0 Å². The van der Waals surface area contributed by atoms with E-state index in [1.54, 1.807) is 11.1 Å². The second kappa shape index (κ2) is 11.4. The summed E-state index contributed by atoms with van der Waals surface area (Å²) >= 11 is 0.632. The fourth-order valence-corrected chi connectivity index (χ4v) is 8.05. The maximum absolute atomic E-state index is 2.44. The molecule has 0 saturated carbocycles. The second-order valence-corrected chi connectivity index (χ2v) is 11.8. The molecule has 0 saturated heterocycles. The minimum atomic E-state index is -0.542. The zero-order chi connectivity index (χ0) is 17.8. The largest absolute Gasteiger partial charge is 0.258 e. The van der Waals surface area contributed by atoms with Gasteiger partial charge in [0.1, 0.15) is 0 Å². The Labute approximate surface area is 200 Å². The molecular formula is C24H23AlCl2Zr. The van der Waals surface area contributed by atoms with E-state index in [-0.39, 0.29) is 24.8 Å². The van der Waals surface area contributed by atoms with E-state index in [0.717, 1.165) is 7.25 Å². The van der Waals surface area contributed by atoms with Crippen molar-refractivity contribution in [1.82, 2.24) is 0 Å². The molecule has 2 unspecified atom stereocenters. The van der Waals surface area contributed by atoms with Crippen LogP contribution in [0, 0.1) is 0 Å². The van der Waals surface area contributed by atoms with Gasteiger partial charge in [0.25, 0.3) is 16.3 Å². The molecule has 0 N–H and O–H groups in total. The first-order valence-electron chi connectivity index (χ1n) is 9.13. The van der Waals surface area contributed by atoms with Crippen LogP contribution in [0.25, 0.3) is 12.2 Å². The molecule has 2 atom stereocenters. The quantitative estimate of drug-likeness (QED) is 0.414. The number of rotatable bonds is 2. The molecule has 3 aromatic rings. The van der Waals surface area contributed by atoms with Crippen molar-refractivity contribution in [1.29, 1.82) is 0 Å². The summed E-state index contributed by atoms with van der Waals surface area (Å²) in [4.78, 5) is 0. The Morgan fingerprint density at radius 1 is 0.571 bits per heavy atom. The number of allylic oxidation sites excluding steroid dienone is 2. The third-order valence-corrected chi connectivity index (χ3v) is 9.81. The van der Waals surface area contributed by atoms with Crippen molar-refractivity contribution in [2.75, 3.05) is 0 Å². The summed E-state index contributed by atoms with van der Waals surface area (Å²) < 4.78 is 2.93. The molecule has 3 aromatic carbocycles. The van der Waals surface area contributed by atoms with Crippen molar-refractivity contribution in [3.8, 4) is 0 Å². The molecule has 2 aliphatic rings. The van der Waals surface area contributed by atoms with E-state index >= 15 is 0 Å². The first-order chi connectivity index (χ1) is 12.8. The van der Waals surface area contributed by atoms with E-state index in [1.807, 2.05) is 6.07 Å². The molecule has 28 heavy (non-hydrogen) atoms. The molecule has 5 rings (SSSR count). The zero-order valence-corrected chi connectivity index (χ0v) is 21.9. The van der Waals surface area contributed by atoms with Crippen molar-refractivity contribution in [2.24, 2.45) is 0 Å². The van der Waals surface area contributed by atoms with E-state index in [2.05, 4.69) is 97.1 Å². The van der Waals surface area contributed by atoms with Gasteiger partial charge < -0.3 is 0 Å². The van der Waals surface area contributed by atoms with Gasteiger partial charge in [0, 0.05) is 0 Å². The number of halogens is 2. The molecule has 0 radical (unpaired) electrons. The van der Waals surface area contributed by atoms with Crippen molar-refractivity contribution in [2.45, 2.75) is 7.25 Å². The van der Waals surface area contributed by atoms with Crippen molar-refractivity contribution in [3.63, 3.8) is 0 Å². The summed E-state index contributed by atoms with van der Waals surface area (Å²) in [5.74, 6) is 0. The van der Waals surface area contributed by atoms with Crippen LogP contribution in [0.4, 0.5) is 0 Å². The van der Waals surface area contributed by atoms with Gasteiger partial charge in [-0.15, -0.1) is 29.2 Å². The number of hydrogen-bond acceptors (Lipinski definition) is 0. The Balaban J connectivity index is 0.000000269. The zero-order valence-electron chi connectivity index (χ0n) is 15.8. The normalized spacial score (nSPS) is 17.3. The first-order valence-corrected chi connectivity index (χ1v) is 13.0. The monoisotopic (exact) mass is 498 g/mol.